The van der Waals surface area contributed by atoms with E-state index in [1.807, 2.05) is 31.4 Å². The van der Waals surface area contributed by atoms with Gasteiger partial charge in [0.05, 0.1) is 24.4 Å². The maximum atomic E-state index is 13.8. The molecule has 176 valence electrons. The SMILES string of the molecule is CC(C)OCCCN1C(=O)c2cc3occc3n2CC1(C)C(=O)NC1CCCC(C)C1C. The van der Waals surface area contributed by atoms with E-state index in [4.69, 9.17) is 9.15 Å². The average Bonchev–Trinajstić information content (AvgIpc) is 3.33. The molecule has 0 bridgehead atoms. The summed E-state index contributed by atoms with van der Waals surface area (Å²) in [6.07, 6.45) is 5.77. The van der Waals surface area contributed by atoms with E-state index in [0.717, 1.165) is 18.4 Å². The third-order valence-corrected chi connectivity index (χ3v) is 7.54. The van der Waals surface area contributed by atoms with Crippen LogP contribution in [0.3, 0.4) is 0 Å². The van der Waals surface area contributed by atoms with Crippen LogP contribution in [0.15, 0.2) is 22.8 Å². The largest absolute Gasteiger partial charge is 0.463 e. The summed E-state index contributed by atoms with van der Waals surface area (Å²) in [6, 6.07) is 3.79. The molecule has 7 heteroatoms. The fourth-order valence-electron chi connectivity index (χ4n) is 5.27. The minimum atomic E-state index is -0.981. The lowest BCUT2D eigenvalue weighted by atomic mass is 9.77. The van der Waals surface area contributed by atoms with E-state index >= 15 is 0 Å². The van der Waals surface area contributed by atoms with Crippen molar-refractivity contribution in [1.29, 1.82) is 0 Å². The Morgan fingerprint density at radius 3 is 2.88 bits per heavy atom. The molecule has 1 aliphatic carbocycles. The van der Waals surface area contributed by atoms with Crippen molar-refractivity contribution in [3.8, 4) is 0 Å². The molecule has 1 N–H and O–H groups in total. The van der Waals surface area contributed by atoms with Crippen LogP contribution in [0.2, 0.25) is 0 Å². The molecule has 1 fully saturated rings. The van der Waals surface area contributed by atoms with Crippen molar-refractivity contribution in [1.82, 2.24) is 14.8 Å². The summed E-state index contributed by atoms with van der Waals surface area (Å²) in [5.74, 6) is 0.805. The molecule has 7 nitrogen and oxygen atoms in total. The number of rotatable bonds is 7. The van der Waals surface area contributed by atoms with Crippen molar-refractivity contribution in [3.05, 3.63) is 24.1 Å². The third kappa shape index (κ3) is 4.07. The fourth-order valence-corrected chi connectivity index (χ4v) is 5.27. The van der Waals surface area contributed by atoms with Crippen molar-refractivity contribution in [2.45, 2.75) is 84.5 Å². The second kappa shape index (κ2) is 8.93. The number of hydrogen-bond acceptors (Lipinski definition) is 4. The zero-order valence-corrected chi connectivity index (χ0v) is 20.0. The number of aromatic nitrogens is 1. The topological polar surface area (TPSA) is 76.7 Å². The molecular formula is C25H37N3O4. The van der Waals surface area contributed by atoms with Gasteiger partial charge >= 0.3 is 0 Å². The van der Waals surface area contributed by atoms with Gasteiger partial charge in [-0.15, -0.1) is 0 Å². The average molecular weight is 444 g/mol. The summed E-state index contributed by atoms with van der Waals surface area (Å²) in [5.41, 5.74) is 1.13. The number of ether oxygens (including phenoxy) is 1. The molecule has 2 amide bonds. The van der Waals surface area contributed by atoms with E-state index in [9.17, 15) is 9.59 Å². The molecule has 2 aromatic rings. The first-order valence-electron chi connectivity index (χ1n) is 12.0. The highest BCUT2D eigenvalue weighted by Gasteiger charge is 2.48. The van der Waals surface area contributed by atoms with Gasteiger partial charge < -0.3 is 23.9 Å². The maximum Gasteiger partial charge on any atom is 0.271 e. The van der Waals surface area contributed by atoms with Crippen LogP contribution in [0.1, 0.15) is 70.8 Å². The number of amides is 2. The van der Waals surface area contributed by atoms with Crippen molar-refractivity contribution in [2.24, 2.45) is 11.8 Å². The lowest BCUT2D eigenvalue weighted by molar-refractivity contribution is -0.134. The third-order valence-electron chi connectivity index (χ3n) is 7.54. The Kier molecular flexibility index (Phi) is 6.39. The Hall–Kier alpha value is -2.28. The molecular weight excluding hydrogens is 406 g/mol. The fraction of sp³-hybridized carbons (Fsp3) is 0.680. The Morgan fingerprint density at radius 2 is 2.12 bits per heavy atom. The molecule has 0 saturated heterocycles. The minimum absolute atomic E-state index is 0.0717. The second-order valence-corrected chi connectivity index (χ2v) is 10.1. The van der Waals surface area contributed by atoms with Gasteiger partial charge in [-0.05, 0) is 45.4 Å². The smallest absolute Gasteiger partial charge is 0.271 e. The molecule has 3 heterocycles. The first-order chi connectivity index (χ1) is 15.2. The van der Waals surface area contributed by atoms with Crippen molar-refractivity contribution < 1.29 is 18.7 Å². The molecule has 0 radical (unpaired) electrons. The molecule has 4 atom stereocenters. The predicted octanol–water partition coefficient (Wildman–Crippen LogP) is 4.20. The predicted molar refractivity (Wildman–Crippen MR) is 123 cm³/mol. The van der Waals surface area contributed by atoms with Crippen LogP contribution in [-0.2, 0) is 16.1 Å². The lowest BCUT2D eigenvalue weighted by Crippen LogP contribution is -2.65. The van der Waals surface area contributed by atoms with Gasteiger partial charge in [-0.25, -0.2) is 0 Å². The highest BCUT2D eigenvalue weighted by molar-refractivity contribution is 6.02. The number of furan rings is 1. The number of fused-ring (bicyclic) bond motifs is 3. The first-order valence-corrected chi connectivity index (χ1v) is 12.0. The second-order valence-electron chi connectivity index (χ2n) is 10.1. The Bertz CT molecular complexity index is 977. The molecule has 2 aliphatic rings. The van der Waals surface area contributed by atoms with Crippen molar-refractivity contribution >= 4 is 22.9 Å². The highest BCUT2D eigenvalue weighted by Crippen LogP contribution is 2.34. The van der Waals surface area contributed by atoms with Gasteiger partial charge in [-0.2, -0.15) is 0 Å². The number of carbonyl (C=O) groups excluding carboxylic acids is 2. The van der Waals surface area contributed by atoms with Crippen molar-refractivity contribution in [3.63, 3.8) is 0 Å². The summed E-state index contributed by atoms with van der Waals surface area (Å²) in [7, 11) is 0. The number of hydrogen-bond donors (Lipinski definition) is 1. The highest BCUT2D eigenvalue weighted by atomic mass is 16.5. The number of nitrogens with zero attached hydrogens (tertiary/aromatic N) is 2. The normalized spacial score (nSPS) is 28.4. The zero-order valence-electron chi connectivity index (χ0n) is 20.0. The number of nitrogens with one attached hydrogen (secondary N) is 1. The van der Waals surface area contributed by atoms with E-state index in [1.165, 1.54) is 6.42 Å². The van der Waals surface area contributed by atoms with E-state index in [1.54, 1.807) is 17.2 Å². The van der Waals surface area contributed by atoms with E-state index in [0.29, 0.717) is 49.2 Å². The quantitative estimate of drug-likeness (QED) is 0.651. The first kappa shape index (κ1) is 22.9. The monoisotopic (exact) mass is 443 g/mol. The van der Waals surface area contributed by atoms with Gasteiger partial charge in [0.15, 0.2) is 5.58 Å². The van der Waals surface area contributed by atoms with Gasteiger partial charge in [0.1, 0.15) is 11.2 Å². The Balaban J connectivity index is 1.61. The van der Waals surface area contributed by atoms with E-state index < -0.39 is 5.54 Å². The molecule has 1 saturated carbocycles. The van der Waals surface area contributed by atoms with Crippen LogP contribution >= 0.6 is 0 Å². The van der Waals surface area contributed by atoms with E-state index in [2.05, 4.69) is 19.2 Å². The summed E-state index contributed by atoms with van der Waals surface area (Å²) in [4.78, 5) is 29.1. The molecule has 32 heavy (non-hydrogen) atoms. The van der Waals surface area contributed by atoms with Crippen LogP contribution in [-0.4, -0.2) is 52.1 Å². The van der Waals surface area contributed by atoms with Gasteiger partial charge in [-0.3, -0.25) is 9.59 Å². The van der Waals surface area contributed by atoms with Crippen LogP contribution in [0, 0.1) is 11.8 Å². The maximum absolute atomic E-state index is 13.8. The Labute approximate surface area is 190 Å². The summed E-state index contributed by atoms with van der Waals surface area (Å²) >= 11 is 0. The molecule has 4 unspecified atom stereocenters. The summed E-state index contributed by atoms with van der Waals surface area (Å²) in [5, 5.41) is 3.33. The van der Waals surface area contributed by atoms with Gasteiger partial charge in [0.25, 0.3) is 5.91 Å². The van der Waals surface area contributed by atoms with Gasteiger partial charge in [-0.1, -0.05) is 26.7 Å². The standard InChI is InChI=1S/C25H37N3O4/c1-16(2)31-12-7-11-28-23(29)21-14-22-20(10-13-32-22)27(21)15-25(28,5)24(30)26-19-9-6-8-17(3)18(19)4/h10,13-14,16-19H,6-9,11-12,15H2,1-5H3,(H,26,30). The number of carbonyl (C=O) groups is 2. The minimum Gasteiger partial charge on any atom is -0.463 e. The van der Waals surface area contributed by atoms with Crippen LogP contribution < -0.4 is 5.32 Å². The summed E-state index contributed by atoms with van der Waals surface area (Å²) < 4.78 is 13.2. The molecule has 0 aromatic carbocycles. The lowest BCUT2D eigenvalue weighted by Gasteiger charge is -2.45. The van der Waals surface area contributed by atoms with Crippen LogP contribution in [0.25, 0.3) is 11.1 Å². The van der Waals surface area contributed by atoms with Crippen LogP contribution in [0.4, 0.5) is 0 Å². The van der Waals surface area contributed by atoms with Crippen LogP contribution in [0.5, 0.6) is 0 Å². The molecule has 0 spiro atoms. The molecule has 2 aromatic heterocycles. The van der Waals surface area contributed by atoms with E-state index in [-0.39, 0.29) is 24.0 Å². The summed E-state index contributed by atoms with van der Waals surface area (Å²) in [6.45, 7) is 11.8. The van der Waals surface area contributed by atoms with Gasteiger partial charge in [0, 0.05) is 31.3 Å². The zero-order chi connectivity index (χ0) is 23.0. The molecule has 4 rings (SSSR count). The van der Waals surface area contributed by atoms with Gasteiger partial charge in [0.2, 0.25) is 5.91 Å². The Morgan fingerprint density at radius 1 is 1.34 bits per heavy atom. The van der Waals surface area contributed by atoms with Crippen molar-refractivity contribution in [2.75, 3.05) is 13.2 Å². The molecule has 1 aliphatic heterocycles.